The minimum absolute atomic E-state index is 0.000989. The van der Waals surface area contributed by atoms with Crippen LogP contribution in [0.4, 0.5) is 0 Å². The Morgan fingerprint density at radius 2 is 2.05 bits per heavy atom. The van der Waals surface area contributed by atoms with E-state index in [4.69, 9.17) is 4.42 Å². The van der Waals surface area contributed by atoms with Crippen LogP contribution in [0, 0.1) is 12.3 Å². The predicted molar refractivity (Wildman–Crippen MR) is 74.8 cm³/mol. The average molecular weight is 263 g/mol. The molecule has 0 aliphatic carbocycles. The molecule has 4 nitrogen and oxygen atoms in total. The van der Waals surface area contributed by atoms with E-state index in [1.165, 1.54) is 0 Å². The van der Waals surface area contributed by atoms with Crippen molar-refractivity contribution in [1.82, 2.24) is 9.80 Å². The normalized spacial score (nSPS) is 17.7. The van der Waals surface area contributed by atoms with Gasteiger partial charge in [0.1, 0.15) is 0 Å². The minimum atomic E-state index is 0.000989. The molecule has 2 rings (SSSR count). The number of hydrogen-bond donors (Lipinski definition) is 0. The summed E-state index contributed by atoms with van der Waals surface area (Å²) in [4.78, 5) is 16.4. The van der Waals surface area contributed by atoms with Crippen LogP contribution in [0.1, 0.15) is 30.8 Å². The van der Waals surface area contributed by atoms with Gasteiger partial charge in [-0.05, 0) is 24.0 Å². The van der Waals surface area contributed by atoms with Gasteiger partial charge in [0, 0.05) is 32.7 Å². The molecule has 0 bridgehead atoms. The second-order valence-electron chi connectivity index (χ2n) is 5.96. The van der Waals surface area contributed by atoms with Crippen LogP contribution in [0.15, 0.2) is 22.8 Å². The first kappa shape index (κ1) is 14.1. The molecule has 0 atom stereocenters. The summed E-state index contributed by atoms with van der Waals surface area (Å²) in [5.41, 5.74) is 0.243. The Morgan fingerprint density at radius 3 is 2.58 bits per heavy atom. The number of amides is 1. The fourth-order valence-corrected chi connectivity index (χ4v) is 2.35. The third-order valence-corrected chi connectivity index (χ3v) is 3.72. The van der Waals surface area contributed by atoms with Crippen molar-refractivity contribution in [2.75, 3.05) is 32.7 Å². The second kappa shape index (κ2) is 5.78. The molecule has 1 saturated heterocycles. The Bertz CT molecular complexity index is 404. The molecule has 0 spiro atoms. The lowest BCUT2D eigenvalue weighted by Crippen LogP contribution is -2.50. The van der Waals surface area contributed by atoms with Gasteiger partial charge < -0.3 is 9.32 Å². The van der Waals surface area contributed by atoms with E-state index in [1.54, 1.807) is 18.4 Å². The maximum Gasteiger partial charge on any atom is 0.289 e. The summed E-state index contributed by atoms with van der Waals surface area (Å²) >= 11 is 0. The number of carbonyl (C=O) groups excluding carboxylic acids is 1. The summed E-state index contributed by atoms with van der Waals surface area (Å²) in [6.45, 7) is 12.9. The molecule has 1 aromatic rings. The van der Waals surface area contributed by atoms with Crippen LogP contribution in [0.5, 0.6) is 0 Å². The maximum absolute atomic E-state index is 12.1. The summed E-state index contributed by atoms with van der Waals surface area (Å²) < 4.78 is 5.16. The molecular weight excluding hydrogens is 240 g/mol. The monoisotopic (exact) mass is 263 g/mol. The van der Waals surface area contributed by atoms with E-state index >= 15 is 0 Å². The molecule has 1 amide bonds. The highest BCUT2D eigenvalue weighted by Crippen LogP contribution is 2.21. The lowest BCUT2D eigenvalue weighted by atomic mass is 9.89. The molecule has 0 aromatic carbocycles. The van der Waals surface area contributed by atoms with E-state index in [2.05, 4.69) is 25.7 Å². The van der Waals surface area contributed by atoms with Gasteiger partial charge in [-0.25, -0.2) is 0 Å². The zero-order chi connectivity index (χ0) is 13.9. The van der Waals surface area contributed by atoms with Crippen LogP contribution in [-0.2, 0) is 0 Å². The van der Waals surface area contributed by atoms with E-state index in [1.807, 2.05) is 4.90 Å². The van der Waals surface area contributed by atoms with Gasteiger partial charge >= 0.3 is 0 Å². The van der Waals surface area contributed by atoms with Gasteiger partial charge in [0.15, 0.2) is 5.76 Å². The first-order valence-electron chi connectivity index (χ1n) is 6.86. The molecular formula is C15H23N2O2. The highest BCUT2D eigenvalue weighted by atomic mass is 16.3. The van der Waals surface area contributed by atoms with Crippen molar-refractivity contribution in [3.8, 4) is 0 Å². The van der Waals surface area contributed by atoms with Crippen molar-refractivity contribution in [3.63, 3.8) is 0 Å². The van der Waals surface area contributed by atoms with Crippen molar-refractivity contribution >= 4 is 5.91 Å². The molecule has 19 heavy (non-hydrogen) atoms. The third kappa shape index (κ3) is 3.60. The van der Waals surface area contributed by atoms with Gasteiger partial charge in [0.25, 0.3) is 5.91 Å². The summed E-state index contributed by atoms with van der Waals surface area (Å²) in [5, 5.41) is 0. The molecule has 0 unspecified atom stereocenters. The first-order chi connectivity index (χ1) is 9.02. The van der Waals surface area contributed by atoms with Crippen LogP contribution in [0.25, 0.3) is 0 Å². The van der Waals surface area contributed by atoms with Gasteiger partial charge in [-0.15, -0.1) is 0 Å². The molecule has 0 N–H and O–H groups in total. The van der Waals surface area contributed by atoms with Crippen LogP contribution in [0.3, 0.4) is 0 Å². The van der Waals surface area contributed by atoms with Gasteiger partial charge in [-0.2, -0.15) is 0 Å². The third-order valence-electron chi connectivity index (χ3n) is 3.72. The van der Waals surface area contributed by atoms with E-state index in [0.29, 0.717) is 5.76 Å². The quantitative estimate of drug-likeness (QED) is 0.836. The minimum Gasteiger partial charge on any atom is -0.459 e. The average Bonchev–Trinajstić information content (AvgIpc) is 2.92. The van der Waals surface area contributed by atoms with Gasteiger partial charge in [0.2, 0.25) is 0 Å². The molecule has 1 aromatic heterocycles. The molecule has 1 aliphatic rings. The molecule has 1 aliphatic heterocycles. The van der Waals surface area contributed by atoms with Crippen LogP contribution >= 0.6 is 0 Å². The highest BCUT2D eigenvalue weighted by Gasteiger charge is 2.26. The molecule has 4 heteroatoms. The maximum atomic E-state index is 12.1. The number of hydrogen-bond acceptors (Lipinski definition) is 3. The topological polar surface area (TPSA) is 36.7 Å². The van der Waals surface area contributed by atoms with E-state index in [9.17, 15) is 4.79 Å². The van der Waals surface area contributed by atoms with Crippen LogP contribution in [-0.4, -0.2) is 48.4 Å². The molecule has 2 heterocycles. The zero-order valence-electron chi connectivity index (χ0n) is 11.9. The Morgan fingerprint density at radius 1 is 1.37 bits per heavy atom. The number of furan rings is 1. The lowest BCUT2D eigenvalue weighted by Gasteiger charge is -2.38. The molecule has 0 saturated carbocycles. The van der Waals surface area contributed by atoms with Gasteiger partial charge in [-0.3, -0.25) is 9.69 Å². The van der Waals surface area contributed by atoms with Gasteiger partial charge in [-0.1, -0.05) is 20.8 Å². The van der Waals surface area contributed by atoms with E-state index in [0.717, 1.165) is 39.1 Å². The standard InChI is InChI=1S/C15H23N2O2/c1-4-15(2,3)12-16-7-9-17(10-8-16)14(18)13-6-5-11-19-13/h5-6,11H,1,4,7-10,12H2,2-3H3. The summed E-state index contributed by atoms with van der Waals surface area (Å²) in [5.74, 6) is 0.438. The van der Waals surface area contributed by atoms with Crippen molar-refractivity contribution < 1.29 is 9.21 Å². The Hall–Kier alpha value is -1.29. The first-order valence-corrected chi connectivity index (χ1v) is 6.86. The molecule has 1 radical (unpaired) electrons. The summed E-state index contributed by atoms with van der Waals surface area (Å²) in [7, 11) is 0. The van der Waals surface area contributed by atoms with Crippen molar-refractivity contribution in [2.24, 2.45) is 5.41 Å². The fourth-order valence-electron chi connectivity index (χ4n) is 2.35. The van der Waals surface area contributed by atoms with Crippen LogP contribution in [0.2, 0.25) is 0 Å². The van der Waals surface area contributed by atoms with Crippen LogP contribution < -0.4 is 0 Å². The largest absolute Gasteiger partial charge is 0.459 e. The Kier molecular flexibility index (Phi) is 4.30. The van der Waals surface area contributed by atoms with Crippen molar-refractivity contribution in [1.29, 1.82) is 0 Å². The Labute approximate surface area is 115 Å². The Balaban J connectivity index is 1.84. The summed E-state index contributed by atoms with van der Waals surface area (Å²) in [6.07, 6.45) is 2.47. The van der Waals surface area contributed by atoms with Crippen molar-refractivity contribution in [2.45, 2.75) is 20.3 Å². The predicted octanol–water partition coefficient (Wildman–Crippen LogP) is 2.29. The van der Waals surface area contributed by atoms with Crippen molar-refractivity contribution in [3.05, 3.63) is 31.1 Å². The number of nitrogens with zero attached hydrogens (tertiary/aromatic N) is 2. The lowest BCUT2D eigenvalue weighted by molar-refractivity contribution is 0.0554. The van der Waals surface area contributed by atoms with Gasteiger partial charge in [0.05, 0.1) is 6.26 Å². The smallest absolute Gasteiger partial charge is 0.289 e. The molecule has 1 fully saturated rings. The van der Waals surface area contributed by atoms with E-state index in [-0.39, 0.29) is 11.3 Å². The SMILES string of the molecule is [CH2]CC(C)(C)CN1CCN(C(=O)c2ccco2)CC1. The van der Waals surface area contributed by atoms with E-state index < -0.39 is 0 Å². The fraction of sp³-hybridized carbons (Fsp3) is 0.600. The number of rotatable bonds is 4. The zero-order valence-corrected chi connectivity index (χ0v) is 11.9. The summed E-state index contributed by atoms with van der Waals surface area (Å²) in [6, 6.07) is 3.47. The molecule has 105 valence electrons. The highest BCUT2D eigenvalue weighted by molar-refractivity contribution is 5.91. The number of carbonyl (C=O) groups is 1. The number of piperazine rings is 1. The second-order valence-corrected chi connectivity index (χ2v) is 5.96.